The third-order valence-corrected chi connectivity index (χ3v) is 4.00. The maximum absolute atomic E-state index is 12.4. The van der Waals surface area contributed by atoms with Crippen LogP contribution in [0.3, 0.4) is 0 Å². The lowest BCUT2D eigenvalue weighted by Gasteiger charge is -2.14. The highest BCUT2D eigenvalue weighted by molar-refractivity contribution is 5.91. The number of carbonyl (C=O) groups is 1. The zero-order chi connectivity index (χ0) is 21.5. The summed E-state index contributed by atoms with van der Waals surface area (Å²) < 4.78 is 33.8. The summed E-state index contributed by atoms with van der Waals surface area (Å²) in [5.74, 6) is -0.147. The van der Waals surface area contributed by atoms with Crippen LogP contribution in [-0.4, -0.2) is 34.6 Å². The van der Waals surface area contributed by atoms with E-state index in [9.17, 15) is 13.6 Å². The SMILES string of the molecule is COc1cccc([C@H](C)ONC(=O)c2cncc(-c3ccc(OC(F)F)nc3)n2)c1. The van der Waals surface area contributed by atoms with Crippen LogP contribution in [0.5, 0.6) is 11.6 Å². The van der Waals surface area contributed by atoms with Crippen LogP contribution in [0.25, 0.3) is 11.3 Å². The molecular weight excluding hydrogens is 398 g/mol. The Labute approximate surface area is 170 Å². The number of carbonyl (C=O) groups excluding carboxylic acids is 1. The first-order valence-electron chi connectivity index (χ1n) is 8.79. The molecule has 0 aliphatic rings. The quantitative estimate of drug-likeness (QED) is 0.561. The minimum atomic E-state index is -2.96. The van der Waals surface area contributed by atoms with Gasteiger partial charge in [-0.3, -0.25) is 14.6 Å². The number of rotatable bonds is 8. The molecule has 0 spiro atoms. The Hall–Kier alpha value is -3.66. The maximum atomic E-state index is 12.4. The van der Waals surface area contributed by atoms with Gasteiger partial charge >= 0.3 is 6.61 Å². The van der Waals surface area contributed by atoms with Crippen molar-refractivity contribution in [2.45, 2.75) is 19.6 Å². The Morgan fingerprint density at radius 2 is 1.97 bits per heavy atom. The van der Waals surface area contributed by atoms with Crippen LogP contribution < -0.4 is 15.0 Å². The topological polar surface area (TPSA) is 95.5 Å². The minimum absolute atomic E-state index is 0.0123. The second kappa shape index (κ2) is 9.70. The summed E-state index contributed by atoms with van der Waals surface area (Å²) in [4.78, 5) is 29.8. The molecular formula is C20H18F2N4O4. The number of nitrogens with one attached hydrogen (secondary N) is 1. The molecule has 3 aromatic rings. The van der Waals surface area contributed by atoms with Crippen LogP contribution in [0, 0.1) is 0 Å². The summed E-state index contributed by atoms with van der Waals surface area (Å²) >= 11 is 0. The second-order valence-corrected chi connectivity index (χ2v) is 6.02. The molecule has 1 atom stereocenters. The summed E-state index contributed by atoms with van der Waals surface area (Å²) in [5.41, 5.74) is 3.98. The van der Waals surface area contributed by atoms with Crippen molar-refractivity contribution in [3.05, 3.63) is 66.2 Å². The first-order chi connectivity index (χ1) is 14.5. The molecule has 8 nitrogen and oxygen atoms in total. The monoisotopic (exact) mass is 416 g/mol. The molecule has 0 fully saturated rings. The number of hydrogen-bond acceptors (Lipinski definition) is 7. The Morgan fingerprint density at radius 1 is 1.13 bits per heavy atom. The van der Waals surface area contributed by atoms with Gasteiger partial charge < -0.3 is 9.47 Å². The number of aromatic nitrogens is 3. The van der Waals surface area contributed by atoms with E-state index in [4.69, 9.17) is 9.57 Å². The van der Waals surface area contributed by atoms with E-state index in [2.05, 4.69) is 25.2 Å². The predicted octanol–water partition coefficient (Wildman–Crippen LogP) is 3.57. The van der Waals surface area contributed by atoms with E-state index < -0.39 is 18.6 Å². The van der Waals surface area contributed by atoms with Crippen LogP contribution in [0.4, 0.5) is 8.78 Å². The van der Waals surface area contributed by atoms with E-state index in [1.54, 1.807) is 26.2 Å². The normalized spacial score (nSPS) is 11.8. The fraction of sp³-hybridized carbons (Fsp3) is 0.200. The number of nitrogens with zero attached hydrogens (tertiary/aromatic N) is 3. The highest BCUT2D eigenvalue weighted by atomic mass is 19.3. The smallest absolute Gasteiger partial charge is 0.388 e. The van der Waals surface area contributed by atoms with Crippen molar-refractivity contribution in [3.8, 4) is 22.9 Å². The second-order valence-electron chi connectivity index (χ2n) is 6.02. The number of hydroxylamine groups is 1. The van der Waals surface area contributed by atoms with E-state index in [1.165, 1.54) is 30.7 Å². The maximum Gasteiger partial charge on any atom is 0.388 e. The van der Waals surface area contributed by atoms with Crippen LogP contribution in [0.2, 0.25) is 0 Å². The average molecular weight is 416 g/mol. The summed E-state index contributed by atoms with van der Waals surface area (Å²) in [5, 5.41) is 0. The van der Waals surface area contributed by atoms with Crippen LogP contribution in [-0.2, 0) is 4.84 Å². The number of pyridine rings is 1. The van der Waals surface area contributed by atoms with Gasteiger partial charge in [-0.15, -0.1) is 0 Å². The van der Waals surface area contributed by atoms with Crippen molar-refractivity contribution >= 4 is 5.91 Å². The summed E-state index contributed by atoms with van der Waals surface area (Å²) in [6.45, 7) is -1.19. The van der Waals surface area contributed by atoms with Gasteiger partial charge in [0.2, 0.25) is 5.88 Å². The molecule has 30 heavy (non-hydrogen) atoms. The zero-order valence-corrected chi connectivity index (χ0v) is 16.1. The number of methoxy groups -OCH3 is 1. The molecule has 2 aromatic heterocycles. The molecule has 3 rings (SSSR count). The molecule has 0 saturated carbocycles. The van der Waals surface area contributed by atoms with Crippen LogP contribution in [0.15, 0.2) is 55.0 Å². The number of benzene rings is 1. The molecule has 10 heteroatoms. The molecule has 1 N–H and O–H groups in total. The Bertz CT molecular complexity index is 1000. The number of alkyl halides is 2. The highest BCUT2D eigenvalue weighted by Gasteiger charge is 2.14. The molecule has 0 aliphatic carbocycles. The number of hydrogen-bond donors (Lipinski definition) is 1. The van der Waals surface area contributed by atoms with E-state index in [0.29, 0.717) is 17.0 Å². The molecule has 0 unspecified atom stereocenters. The van der Waals surface area contributed by atoms with Gasteiger partial charge in [-0.25, -0.2) is 15.4 Å². The van der Waals surface area contributed by atoms with Gasteiger partial charge in [-0.05, 0) is 30.7 Å². The minimum Gasteiger partial charge on any atom is -0.497 e. The molecule has 2 heterocycles. The zero-order valence-electron chi connectivity index (χ0n) is 16.1. The first kappa shape index (κ1) is 21.1. The van der Waals surface area contributed by atoms with Crippen molar-refractivity contribution in [2.75, 3.05) is 7.11 Å². The Balaban J connectivity index is 1.65. The lowest BCUT2D eigenvalue weighted by Crippen LogP contribution is -2.26. The molecule has 1 aromatic carbocycles. The summed E-state index contributed by atoms with van der Waals surface area (Å²) in [6.07, 6.45) is 3.55. The van der Waals surface area contributed by atoms with Crippen LogP contribution >= 0.6 is 0 Å². The van der Waals surface area contributed by atoms with Crippen molar-refractivity contribution < 1.29 is 27.9 Å². The first-order valence-corrected chi connectivity index (χ1v) is 8.79. The molecule has 0 radical (unpaired) electrons. The lowest BCUT2D eigenvalue weighted by atomic mass is 10.1. The lowest BCUT2D eigenvalue weighted by molar-refractivity contribution is -0.0528. The van der Waals surface area contributed by atoms with Gasteiger partial charge in [0.25, 0.3) is 5.91 Å². The Morgan fingerprint density at radius 3 is 2.67 bits per heavy atom. The van der Waals surface area contributed by atoms with E-state index in [1.807, 2.05) is 12.1 Å². The fourth-order valence-corrected chi connectivity index (χ4v) is 2.46. The van der Waals surface area contributed by atoms with Gasteiger partial charge in [0.05, 0.1) is 25.2 Å². The van der Waals surface area contributed by atoms with Gasteiger partial charge in [0.1, 0.15) is 17.5 Å². The third-order valence-electron chi connectivity index (χ3n) is 4.00. The van der Waals surface area contributed by atoms with Gasteiger partial charge in [0, 0.05) is 17.8 Å². The van der Waals surface area contributed by atoms with Crippen LogP contribution in [0.1, 0.15) is 29.1 Å². The molecule has 0 saturated heterocycles. The van der Waals surface area contributed by atoms with E-state index >= 15 is 0 Å². The van der Waals surface area contributed by atoms with Crippen molar-refractivity contribution in [1.29, 1.82) is 0 Å². The predicted molar refractivity (Wildman–Crippen MR) is 102 cm³/mol. The number of ether oxygens (including phenoxy) is 2. The largest absolute Gasteiger partial charge is 0.497 e. The summed E-state index contributed by atoms with van der Waals surface area (Å²) in [7, 11) is 1.56. The van der Waals surface area contributed by atoms with Gasteiger partial charge in [0.15, 0.2) is 0 Å². The fourth-order valence-electron chi connectivity index (χ4n) is 2.46. The van der Waals surface area contributed by atoms with Crippen molar-refractivity contribution in [3.63, 3.8) is 0 Å². The van der Waals surface area contributed by atoms with Gasteiger partial charge in [-0.2, -0.15) is 8.78 Å². The van der Waals surface area contributed by atoms with E-state index in [-0.39, 0.29) is 11.6 Å². The van der Waals surface area contributed by atoms with Crippen molar-refractivity contribution in [1.82, 2.24) is 20.4 Å². The highest BCUT2D eigenvalue weighted by Crippen LogP contribution is 2.21. The standard InChI is InChI=1S/C20H18F2N4O4/c1-12(13-4-3-5-15(8-13)28-2)30-26-19(27)17-11-23-10-16(25-17)14-6-7-18(24-9-14)29-20(21)22/h3-12,20H,1-2H3,(H,26,27)/t12-/m0/s1. The third kappa shape index (κ3) is 5.45. The number of halogens is 2. The van der Waals surface area contributed by atoms with Gasteiger partial charge in [-0.1, -0.05) is 12.1 Å². The molecule has 0 bridgehead atoms. The van der Waals surface area contributed by atoms with E-state index in [0.717, 1.165) is 5.56 Å². The molecule has 1 amide bonds. The molecule has 156 valence electrons. The summed E-state index contributed by atoms with van der Waals surface area (Å²) in [6, 6.07) is 10.0. The Kier molecular flexibility index (Phi) is 6.81. The average Bonchev–Trinajstić information content (AvgIpc) is 2.77. The van der Waals surface area contributed by atoms with Crippen molar-refractivity contribution in [2.24, 2.45) is 0 Å². The molecule has 0 aliphatic heterocycles. The number of amides is 1.